The average Bonchev–Trinajstić information content (AvgIpc) is 2.57. The summed E-state index contributed by atoms with van der Waals surface area (Å²) in [6, 6.07) is -0.104. The molecule has 2 heterocycles. The lowest BCUT2D eigenvalue weighted by atomic mass is 10.2. The topological polar surface area (TPSA) is 61.0 Å². The molecule has 0 aliphatic carbocycles. The second-order valence-corrected chi connectivity index (χ2v) is 4.26. The quantitative estimate of drug-likeness (QED) is 0.858. The van der Waals surface area contributed by atoms with E-state index in [4.69, 9.17) is 0 Å². The van der Waals surface area contributed by atoms with Crippen molar-refractivity contribution >= 4 is 22.0 Å². The van der Waals surface area contributed by atoms with Gasteiger partial charge in [0.2, 0.25) is 0 Å². The number of urea groups is 1. The summed E-state index contributed by atoms with van der Waals surface area (Å²) in [4.78, 5) is 13.3. The van der Waals surface area contributed by atoms with Crippen molar-refractivity contribution in [3.63, 3.8) is 0 Å². The van der Waals surface area contributed by atoms with E-state index in [1.54, 1.807) is 11.1 Å². The predicted molar refractivity (Wildman–Crippen MR) is 59.0 cm³/mol. The number of nitrogens with one attached hydrogen (secondary N) is 2. The molecule has 0 spiro atoms. The molecule has 2 N–H and O–H groups in total. The van der Waals surface area contributed by atoms with E-state index >= 15 is 0 Å². The molecule has 1 aliphatic heterocycles. The number of H-pyrrole nitrogens is 1. The third-order valence-corrected chi connectivity index (χ3v) is 2.95. The smallest absolute Gasteiger partial charge is 0.318 e. The standard InChI is InChI=1S/C9H11BrN4O/c1-6-2-3-14(9(15)12-6)5-8-7(10)4-11-13-8/h4H,1-3,5H2,(H,11,13)(H,12,15). The summed E-state index contributed by atoms with van der Waals surface area (Å²) in [6.45, 7) is 4.94. The molecule has 5 nitrogen and oxygen atoms in total. The van der Waals surface area contributed by atoms with Gasteiger partial charge in [-0.05, 0) is 15.9 Å². The molecule has 1 aromatic heterocycles. The van der Waals surface area contributed by atoms with Crippen LogP contribution in [0.15, 0.2) is 22.9 Å². The van der Waals surface area contributed by atoms with E-state index < -0.39 is 0 Å². The molecule has 0 radical (unpaired) electrons. The number of hydrogen-bond acceptors (Lipinski definition) is 2. The Balaban J connectivity index is 2.04. The lowest BCUT2D eigenvalue weighted by molar-refractivity contribution is 0.189. The normalized spacial score (nSPS) is 16.7. The van der Waals surface area contributed by atoms with Crippen molar-refractivity contribution in [1.82, 2.24) is 20.4 Å². The Morgan fingerprint density at radius 3 is 3.07 bits per heavy atom. The van der Waals surface area contributed by atoms with Crippen molar-refractivity contribution in [1.29, 1.82) is 0 Å². The molecular weight excluding hydrogens is 260 g/mol. The summed E-state index contributed by atoms with van der Waals surface area (Å²) in [5.74, 6) is 0. The zero-order valence-electron chi connectivity index (χ0n) is 8.09. The zero-order chi connectivity index (χ0) is 10.8. The summed E-state index contributed by atoms with van der Waals surface area (Å²) in [7, 11) is 0. The minimum Gasteiger partial charge on any atom is -0.318 e. The van der Waals surface area contributed by atoms with Gasteiger partial charge in [-0.1, -0.05) is 6.58 Å². The molecule has 0 aromatic carbocycles. The van der Waals surface area contributed by atoms with E-state index in [2.05, 4.69) is 38.0 Å². The first-order valence-electron chi connectivity index (χ1n) is 4.58. The lowest BCUT2D eigenvalue weighted by Crippen LogP contribution is -2.44. The van der Waals surface area contributed by atoms with Crippen LogP contribution in [-0.4, -0.2) is 27.7 Å². The van der Waals surface area contributed by atoms with E-state index in [1.165, 1.54) is 0 Å². The second-order valence-electron chi connectivity index (χ2n) is 3.40. The summed E-state index contributed by atoms with van der Waals surface area (Å²) >= 11 is 3.36. The minimum atomic E-state index is -0.104. The summed E-state index contributed by atoms with van der Waals surface area (Å²) in [5.41, 5.74) is 1.68. The largest absolute Gasteiger partial charge is 0.321 e. The Morgan fingerprint density at radius 1 is 1.67 bits per heavy atom. The molecule has 1 aromatic rings. The molecule has 0 unspecified atom stereocenters. The van der Waals surface area contributed by atoms with E-state index in [1.807, 2.05) is 0 Å². The fourth-order valence-corrected chi connectivity index (χ4v) is 1.73. The molecule has 0 atom stereocenters. The number of carbonyl (C=O) groups is 1. The third kappa shape index (κ3) is 2.20. The van der Waals surface area contributed by atoms with Gasteiger partial charge in [-0.15, -0.1) is 0 Å². The number of carbonyl (C=O) groups excluding carboxylic acids is 1. The van der Waals surface area contributed by atoms with Crippen LogP contribution in [0.3, 0.4) is 0 Å². The maximum Gasteiger partial charge on any atom is 0.321 e. The summed E-state index contributed by atoms with van der Waals surface area (Å²) in [6.07, 6.45) is 2.47. The molecule has 1 fully saturated rings. The van der Waals surface area contributed by atoms with Crippen molar-refractivity contribution in [3.8, 4) is 0 Å². The Labute approximate surface area is 95.7 Å². The Kier molecular flexibility index (Phi) is 2.77. The number of aromatic nitrogens is 2. The molecular formula is C9H11BrN4O. The number of rotatable bonds is 2. The highest BCUT2D eigenvalue weighted by molar-refractivity contribution is 9.10. The van der Waals surface area contributed by atoms with Crippen LogP contribution in [0.5, 0.6) is 0 Å². The average molecular weight is 271 g/mol. The number of hydrogen-bond donors (Lipinski definition) is 2. The molecule has 1 aliphatic rings. The molecule has 6 heteroatoms. The molecule has 0 bridgehead atoms. The van der Waals surface area contributed by atoms with Crippen molar-refractivity contribution in [2.45, 2.75) is 13.0 Å². The van der Waals surface area contributed by atoms with Crippen LogP contribution in [0.2, 0.25) is 0 Å². The minimum absolute atomic E-state index is 0.104. The predicted octanol–water partition coefficient (Wildman–Crippen LogP) is 1.60. The molecule has 1 saturated heterocycles. The van der Waals surface area contributed by atoms with E-state index in [0.717, 1.165) is 22.3 Å². The summed E-state index contributed by atoms with van der Waals surface area (Å²) in [5, 5.41) is 9.43. The Bertz CT molecular complexity index is 401. The fourth-order valence-electron chi connectivity index (χ4n) is 1.42. The van der Waals surface area contributed by atoms with Crippen LogP contribution in [0, 0.1) is 0 Å². The first-order valence-corrected chi connectivity index (χ1v) is 5.37. The van der Waals surface area contributed by atoms with E-state index in [0.29, 0.717) is 13.1 Å². The Morgan fingerprint density at radius 2 is 2.47 bits per heavy atom. The maximum absolute atomic E-state index is 11.5. The van der Waals surface area contributed by atoms with E-state index in [-0.39, 0.29) is 6.03 Å². The van der Waals surface area contributed by atoms with Crippen LogP contribution < -0.4 is 5.32 Å². The fraction of sp³-hybridized carbons (Fsp3) is 0.333. The monoisotopic (exact) mass is 270 g/mol. The number of amides is 2. The van der Waals surface area contributed by atoms with Gasteiger partial charge in [0.15, 0.2) is 0 Å². The van der Waals surface area contributed by atoms with Crippen molar-refractivity contribution in [2.75, 3.05) is 6.54 Å². The first-order chi connectivity index (χ1) is 7.16. The highest BCUT2D eigenvalue weighted by atomic mass is 79.9. The van der Waals surface area contributed by atoms with Gasteiger partial charge in [0.05, 0.1) is 22.9 Å². The Hall–Kier alpha value is -1.30. The number of halogens is 1. The van der Waals surface area contributed by atoms with Crippen LogP contribution in [0.1, 0.15) is 12.1 Å². The van der Waals surface area contributed by atoms with Gasteiger partial charge >= 0.3 is 6.03 Å². The number of aromatic amines is 1. The first kappa shape index (κ1) is 10.2. The van der Waals surface area contributed by atoms with Crippen molar-refractivity contribution in [3.05, 3.63) is 28.6 Å². The summed E-state index contributed by atoms with van der Waals surface area (Å²) < 4.78 is 0.889. The van der Waals surface area contributed by atoms with Crippen molar-refractivity contribution in [2.24, 2.45) is 0 Å². The van der Waals surface area contributed by atoms with Gasteiger partial charge in [-0.2, -0.15) is 5.10 Å². The molecule has 2 amide bonds. The van der Waals surface area contributed by atoms with Gasteiger partial charge in [0.25, 0.3) is 0 Å². The van der Waals surface area contributed by atoms with Crippen LogP contribution in [0.25, 0.3) is 0 Å². The molecule has 0 saturated carbocycles. The van der Waals surface area contributed by atoms with Gasteiger partial charge in [-0.25, -0.2) is 4.79 Å². The van der Waals surface area contributed by atoms with Crippen LogP contribution in [-0.2, 0) is 6.54 Å². The SMILES string of the molecule is C=C1CCN(Cc2[nH]ncc2Br)C(=O)N1. The highest BCUT2D eigenvalue weighted by Crippen LogP contribution is 2.17. The highest BCUT2D eigenvalue weighted by Gasteiger charge is 2.20. The second kappa shape index (κ2) is 4.06. The number of nitrogens with zero attached hydrogens (tertiary/aromatic N) is 2. The van der Waals surface area contributed by atoms with Gasteiger partial charge in [0.1, 0.15) is 0 Å². The lowest BCUT2D eigenvalue weighted by Gasteiger charge is -2.28. The van der Waals surface area contributed by atoms with Gasteiger partial charge < -0.3 is 10.2 Å². The molecule has 2 rings (SSSR count). The van der Waals surface area contributed by atoms with Crippen LogP contribution >= 0.6 is 15.9 Å². The van der Waals surface area contributed by atoms with E-state index in [9.17, 15) is 4.79 Å². The third-order valence-electron chi connectivity index (χ3n) is 2.27. The van der Waals surface area contributed by atoms with Crippen LogP contribution in [0.4, 0.5) is 4.79 Å². The molecule has 80 valence electrons. The van der Waals surface area contributed by atoms with Crippen molar-refractivity contribution < 1.29 is 4.79 Å². The van der Waals surface area contributed by atoms with Gasteiger partial charge in [0, 0.05) is 18.7 Å². The maximum atomic E-state index is 11.5. The molecule has 15 heavy (non-hydrogen) atoms. The van der Waals surface area contributed by atoms with Gasteiger partial charge in [-0.3, -0.25) is 5.10 Å². The zero-order valence-corrected chi connectivity index (χ0v) is 9.67.